The van der Waals surface area contributed by atoms with E-state index >= 15 is 0 Å². The van der Waals surface area contributed by atoms with E-state index in [0.717, 1.165) is 16.0 Å². The van der Waals surface area contributed by atoms with Crippen LogP contribution in [-0.4, -0.2) is 66.3 Å². The molecule has 1 fully saturated rings. The largest absolute Gasteiger partial charge is 0.368 e. The van der Waals surface area contributed by atoms with Crippen LogP contribution in [-0.2, 0) is 25.6 Å². The van der Waals surface area contributed by atoms with Crippen molar-refractivity contribution in [2.24, 2.45) is 11.7 Å². The number of likely N-dealkylation sites (tertiary alicyclic amines) is 1. The van der Waals surface area contributed by atoms with Crippen LogP contribution in [0.5, 0.6) is 0 Å². The summed E-state index contributed by atoms with van der Waals surface area (Å²) in [5, 5.41) is 9.68. The molecule has 1 aliphatic rings. The fourth-order valence-corrected chi connectivity index (χ4v) is 6.13. The quantitative estimate of drug-likeness (QED) is 0.278. The van der Waals surface area contributed by atoms with Crippen molar-refractivity contribution in [3.8, 4) is 10.4 Å². The third-order valence-electron chi connectivity index (χ3n) is 7.66. The maximum atomic E-state index is 13.5. The summed E-state index contributed by atoms with van der Waals surface area (Å²) < 4.78 is 1.22. The van der Waals surface area contributed by atoms with Gasteiger partial charge < -0.3 is 26.6 Å². The highest BCUT2D eigenvalue weighted by Gasteiger charge is 2.39. The molecule has 0 spiro atoms. The average molecular weight is 578 g/mol. The lowest BCUT2D eigenvalue weighted by Gasteiger charge is -2.31. The highest BCUT2D eigenvalue weighted by Crippen LogP contribution is 2.33. The molecule has 4 rings (SSSR count). The predicted molar refractivity (Wildman–Crippen MR) is 162 cm³/mol. The van der Waals surface area contributed by atoms with E-state index in [4.69, 9.17) is 5.73 Å². The van der Waals surface area contributed by atoms with Gasteiger partial charge >= 0.3 is 0 Å². The van der Waals surface area contributed by atoms with Crippen LogP contribution in [0.3, 0.4) is 0 Å². The number of nitrogens with two attached hydrogens (primary N) is 1. The van der Waals surface area contributed by atoms with Gasteiger partial charge in [0.05, 0.1) is 6.04 Å². The van der Waals surface area contributed by atoms with Crippen LogP contribution in [0.25, 0.3) is 20.5 Å². The number of carbonyl (C=O) groups excluding carboxylic acids is 4. The fourth-order valence-electron chi connectivity index (χ4n) is 5.06. The molecular formula is C31H39N5O4S. The number of carbonyl (C=O) groups is 4. The molecule has 5 N–H and O–H groups in total. The molecule has 10 heteroatoms. The molecule has 0 aliphatic carbocycles. The fraction of sp³-hybridized carbons (Fsp3) is 0.419. The zero-order valence-corrected chi connectivity index (χ0v) is 24.8. The first-order valence-electron chi connectivity index (χ1n) is 14.0. The third-order valence-corrected chi connectivity index (χ3v) is 8.82. The second-order valence-electron chi connectivity index (χ2n) is 10.9. The molecule has 0 saturated carbocycles. The van der Waals surface area contributed by atoms with Crippen LogP contribution in [0.1, 0.15) is 39.2 Å². The maximum Gasteiger partial charge on any atom is 0.246 e. The molecule has 4 amide bonds. The molecule has 218 valence electrons. The van der Waals surface area contributed by atoms with Gasteiger partial charge in [-0.2, -0.15) is 0 Å². The molecule has 4 atom stereocenters. The van der Waals surface area contributed by atoms with Gasteiger partial charge in [-0.05, 0) is 61.4 Å². The van der Waals surface area contributed by atoms with Crippen molar-refractivity contribution in [3.05, 3.63) is 60.2 Å². The summed E-state index contributed by atoms with van der Waals surface area (Å²) in [7, 11) is 1.67. The molecule has 1 aliphatic heterocycles. The van der Waals surface area contributed by atoms with Crippen molar-refractivity contribution in [2.75, 3.05) is 13.6 Å². The Bertz CT molecular complexity index is 1370. The minimum absolute atomic E-state index is 0.172. The van der Waals surface area contributed by atoms with E-state index in [1.165, 1.54) is 15.0 Å². The predicted octanol–water partition coefficient (Wildman–Crippen LogP) is 2.82. The molecule has 0 radical (unpaired) electrons. The Labute approximate surface area is 244 Å². The standard InChI is InChI=1S/C31H39N5O4S/c1-18(2)27(35-29(38)19(3)33-4)31(40)36-15-7-9-24(36)30(39)34-23(28(32)37)16-20-11-13-21(14-12-20)26-17-22-8-5-6-10-25(22)41-26/h5-6,8,10-14,17-19,23-24,27,33H,7,9,15-16H2,1-4H3,(H2,32,37)(H,34,39)(H,35,38)/t19-,23-,24-,27-/m0/s1. The Hall–Kier alpha value is -3.76. The van der Waals surface area contributed by atoms with E-state index in [2.05, 4.69) is 34.1 Å². The number of hydrogen-bond acceptors (Lipinski definition) is 6. The lowest BCUT2D eigenvalue weighted by Crippen LogP contribution is -2.58. The van der Waals surface area contributed by atoms with Gasteiger partial charge in [0, 0.05) is 22.5 Å². The number of fused-ring (bicyclic) bond motifs is 1. The highest BCUT2D eigenvalue weighted by molar-refractivity contribution is 7.22. The van der Waals surface area contributed by atoms with Crippen molar-refractivity contribution in [1.29, 1.82) is 0 Å². The van der Waals surface area contributed by atoms with Gasteiger partial charge in [0.1, 0.15) is 18.1 Å². The number of amides is 4. The normalized spacial score (nSPS) is 17.3. The van der Waals surface area contributed by atoms with Crippen LogP contribution < -0.4 is 21.7 Å². The van der Waals surface area contributed by atoms with E-state index in [0.29, 0.717) is 19.4 Å². The molecule has 2 heterocycles. The van der Waals surface area contributed by atoms with Crippen LogP contribution in [0.15, 0.2) is 54.6 Å². The molecule has 9 nitrogen and oxygen atoms in total. The molecule has 0 bridgehead atoms. The van der Waals surface area contributed by atoms with E-state index < -0.39 is 36.0 Å². The van der Waals surface area contributed by atoms with E-state index in [-0.39, 0.29) is 24.2 Å². The lowest BCUT2D eigenvalue weighted by atomic mass is 10.0. The molecule has 2 aromatic carbocycles. The van der Waals surface area contributed by atoms with Gasteiger partial charge in [0.25, 0.3) is 0 Å². The third kappa shape index (κ3) is 7.12. The van der Waals surface area contributed by atoms with Crippen LogP contribution in [0, 0.1) is 5.92 Å². The molecule has 1 aromatic heterocycles. The Morgan fingerprint density at radius 1 is 1.02 bits per heavy atom. The molecule has 3 aromatic rings. The molecule has 0 unspecified atom stereocenters. The second kappa shape index (κ2) is 13.3. The first kappa shape index (κ1) is 30.2. The van der Waals surface area contributed by atoms with Gasteiger partial charge in [-0.25, -0.2) is 0 Å². The second-order valence-corrected chi connectivity index (χ2v) is 12.0. The van der Waals surface area contributed by atoms with Crippen molar-refractivity contribution in [3.63, 3.8) is 0 Å². The van der Waals surface area contributed by atoms with Crippen LogP contribution in [0.4, 0.5) is 0 Å². The lowest BCUT2D eigenvalue weighted by molar-refractivity contribution is -0.143. The number of benzene rings is 2. The van der Waals surface area contributed by atoms with Gasteiger partial charge in [0.15, 0.2) is 0 Å². The summed E-state index contributed by atoms with van der Waals surface area (Å²) in [6.07, 6.45) is 1.36. The number of hydrogen-bond donors (Lipinski definition) is 4. The van der Waals surface area contributed by atoms with Gasteiger partial charge in [0.2, 0.25) is 23.6 Å². The van der Waals surface area contributed by atoms with Crippen molar-refractivity contribution < 1.29 is 19.2 Å². The van der Waals surface area contributed by atoms with Crippen molar-refractivity contribution in [1.82, 2.24) is 20.9 Å². The smallest absolute Gasteiger partial charge is 0.246 e. The van der Waals surface area contributed by atoms with Crippen molar-refractivity contribution >= 4 is 45.1 Å². The minimum atomic E-state index is -0.924. The zero-order chi connectivity index (χ0) is 29.7. The van der Waals surface area contributed by atoms with E-state index in [1.807, 2.05) is 50.2 Å². The number of likely N-dealkylation sites (N-methyl/N-ethyl adjacent to an activating group) is 1. The Kier molecular flexibility index (Phi) is 9.77. The van der Waals surface area contributed by atoms with Gasteiger partial charge in [-0.1, -0.05) is 56.3 Å². The number of primary amides is 1. The first-order valence-corrected chi connectivity index (χ1v) is 14.9. The zero-order valence-electron chi connectivity index (χ0n) is 24.0. The summed E-state index contributed by atoms with van der Waals surface area (Å²) in [5.74, 6) is -1.82. The first-order chi connectivity index (χ1) is 19.6. The summed E-state index contributed by atoms with van der Waals surface area (Å²) in [4.78, 5) is 54.3. The van der Waals surface area contributed by atoms with Crippen molar-refractivity contribution in [2.45, 2.75) is 64.2 Å². The molecule has 41 heavy (non-hydrogen) atoms. The average Bonchev–Trinajstić information content (AvgIpc) is 3.62. The Balaban J connectivity index is 1.42. The van der Waals surface area contributed by atoms with Crippen LogP contribution >= 0.6 is 11.3 Å². The number of thiophene rings is 1. The summed E-state index contributed by atoms with van der Waals surface area (Å²) in [5.41, 5.74) is 7.62. The molecular weight excluding hydrogens is 538 g/mol. The SMILES string of the molecule is CN[C@@H](C)C(=O)N[C@H](C(=O)N1CCC[C@H]1C(=O)N[C@@H](Cc1ccc(-c2cc3ccccc3s2)cc1)C(N)=O)C(C)C. The topological polar surface area (TPSA) is 134 Å². The number of rotatable bonds is 11. The minimum Gasteiger partial charge on any atom is -0.368 e. The van der Waals surface area contributed by atoms with E-state index in [9.17, 15) is 19.2 Å². The Morgan fingerprint density at radius 2 is 1.73 bits per heavy atom. The number of nitrogens with zero attached hydrogens (tertiary/aromatic N) is 1. The summed E-state index contributed by atoms with van der Waals surface area (Å²) >= 11 is 1.72. The maximum absolute atomic E-state index is 13.5. The van der Waals surface area contributed by atoms with Crippen LogP contribution in [0.2, 0.25) is 0 Å². The van der Waals surface area contributed by atoms with E-state index in [1.54, 1.807) is 25.3 Å². The van der Waals surface area contributed by atoms with Gasteiger partial charge in [-0.15, -0.1) is 11.3 Å². The highest BCUT2D eigenvalue weighted by atomic mass is 32.1. The summed E-state index contributed by atoms with van der Waals surface area (Å²) in [6.45, 7) is 5.82. The van der Waals surface area contributed by atoms with Gasteiger partial charge in [-0.3, -0.25) is 19.2 Å². The monoisotopic (exact) mass is 577 g/mol. The number of nitrogens with one attached hydrogen (secondary N) is 3. The molecule has 1 saturated heterocycles. The Morgan fingerprint density at radius 3 is 2.37 bits per heavy atom. The summed E-state index contributed by atoms with van der Waals surface area (Å²) in [6, 6.07) is 15.4.